The molecule has 0 saturated heterocycles. The summed E-state index contributed by atoms with van der Waals surface area (Å²) in [5, 5.41) is 8.95. The molecule has 1 atom stereocenters. The van der Waals surface area contributed by atoms with Crippen molar-refractivity contribution in [1.82, 2.24) is 0 Å². The van der Waals surface area contributed by atoms with Crippen LogP contribution in [0.2, 0.25) is 0 Å². The van der Waals surface area contributed by atoms with Gasteiger partial charge in [-0.1, -0.05) is 23.8 Å². The van der Waals surface area contributed by atoms with Gasteiger partial charge in [0.15, 0.2) is 0 Å². The Hall–Kier alpha value is -2.20. The lowest BCUT2D eigenvalue weighted by atomic mass is 9.87. The molecule has 2 aromatic carbocycles. The lowest BCUT2D eigenvalue weighted by molar-refractivity contribution is -0.137. The highest BCUT2D eigenvalue weighted by atomic mass is 19.1. The molecule has 122 valence electrons. The van der Waals surface area contributed by atoms with Gasteiger partial charge >= 0.3 is 5.97 Å². The van der Waals surface area contributed by atoms with Crippen LogP contribution >= 0.6 is 0 Å². The molecule has 0 aromatic heterocycles. The van der Waals surface area contributed by atoms with Crippen LogP contribution in [0.5, 0.6) is 0 Å². The molecular formula is C19H22FNO2. The highest BCUT2D eigenvalue weighted by Gasteiger charge is 2.22. The van der Waals surface area contributed by atoms with Crippen molar-refractivity contribution >= 4 is 5.97 Å². The molecule has 2 aromatic rings. The minimum atomic E-state index is -1.04. The molecule has 0 heterocycles. The zero-order chi connectivity index (χ0) is 17.3. The maximum atomic E-state index is 14.6. The Morgan fingerprint density at radius 2 is 1.78 bits per heavy atom. The third-order valence-corrected chi connectivity index (χ3v) is 4.19. The number of aliphatic carboxylic acids is 1. The molecule has 0 aliphatic heterocycles. The van der Waals surface area contributed by atoms with E-state index in [1.807, 2.05) is 26.0 Å². The second-order valence-electron chi connectivity index (χ2n) is 6.12. The van der Waals surface area contributed by atoms with E-state index in [9.17, 15) is 9.18 Å². The summed E-state index contributed by atoms with van der Waals surface area (Å²) in [5.41, 5.74) is 11.6. The third kappa shape index (κ3) is 3.42. The van der Waals surface area contributed by atoms with Gasteiger partial charge in [-0.2, -0.15) is 0 Å². The minimum Gasteiger partial charge on any atom is -0.481 e. The summed E-state index contributed by atoms with van der Waals surface area (Å²) in [6.45, 7) is 7.51. The van der Waals surface area contributed by atoms with Crippen molar-refractivity contribution in [3.63, 3.8) is 0 Å². The fourth-order valence-corrected chi connectivity index (χ4v) is 3.04. The second kappa shape index (κ2) is 6.50. The molecule has 0 fully saturated rings. The highest BCUT2D eigenvalue weighted by Crippen LogP contribution is 2.35. The fourth-order valence-electron chi connectivity index (χ4n) is 3.04. The van der Waals surface area contributed by atoms with E-state index in [1.54, 1.807) is 19.9 Å². The van der Waals surface area contributed by atoms with Gasteiger partial charge in [0.05, 0.1) is 6.42 Å². The van der Waals surface area contributed by atoms with Crippen molar-refractivity contribution in [2.24, 2.45) is 5.73 Å². The number of hydrogen-bond acceptors (Lipinski definition) is 2. The summed E-state index contributed by atoms with van der Waals surface area (Å²) in [4.78, 5) is 10.9. The van der Waals surface area contributed by atoms with Crippen LogP contribution in [-0.2, 0) is 4.79 Å². The van der Waals surface area contributed by atoms with Crippen LogP contribution in [0.4, 0.5) is 4.39 Å². The van der Waals surface area contributed by atoms with Crippen molar-refractivity contribution in [1.29, 1.82) is 0 Å². The normalized spacial score (nSPS) is 12.3. The molecule has 0 bridgehead atoms. The molecular weight excluding hydrogens is 293 g/mol. The van der Waals surface area contributed by atoms with Crippen molar-refractivity contribution < 1.29 is 14.3 Å². The largest absolute Gasteiger partial charge is 0.481 e. The first-order valence-corrected chi connectivity index (χ1v) is 7.57. The summed E-state index contributed by atoms with van der Waals surface area (Å²) in [7, 11) is 0. The van der Waals surface area contributed by atoms with E-state index in [0.717, 1.165) is 22.3 Å². The average Bonchev–Trinajstić information content (AvgIpc) is 2.43. The Kier molecular flexibility index (Phi) is 4.85. The SMILES string of the molecule is Cc1ccc(-c2cc(C)c(F)c(C(N)CC(=O)O)c2C)c(C)c1. The molecule has 3 N–H and O–H groups in total. The van der Waals surface area contributed by atoms with Crippen molar-refractivity contribution in [2.75, 3.05) is 0 Å². The zero-order valence-electron chi connectivity index (χ0n) is 13.9. The molecule has 3 nitrogen and oxygen atoms in total. The first-order valence-electron chi connectivity index (χ1n) is 7.57. The van der Waals surface area contributed by atoms with Gasteiger partial charge in [0.1, 0.15) is 5.82 Å². The molecule has 0 aliphatic carbocycles. The summed E-state index contributed by atoms with van der Waals surface area (Å²) in [6, 6.07) is 7.04. The molecule has 0 amide bonds. The van der Waals surface area contributed by atoms with Gasteiger partial charge in [-0.05, 0) is 61.6 Å². The van der Waals surface area contributed by atoms with E-state index in [1.165, 1.54) is 0 Å². The molecule has 0 radical (unpaired) electrons. The van der Waals surface area contributed by atoms with Crippen LogP contribution in [0, 0.1) is 33.5 Å². The van der Waals surface area contributed by atoms with Crippen molar-refractivity contribution in [3.8, 4) is 11.1 Å². The fraction of sp³-hybridized carbons (Fsp3) is 0.316. The lowest BCUT2D eigenvalue weighted by Crippen LogP contribution is -2.18. The maximum absolute atomic E-state index is 14.6. The van der Waals surface area contributed by atoms with Crippen LogP contribution < -0.4 is 5.73 Å². The number of benzene rings is 2. The lowest BCUT2D eigenvalue weighted by Gasteiger charge is -2.20. The number of hydrogen-bond donors (Lipinski definition) is 2. The number of nitrogens with two attached hydrogens (primary N) is 1. The van der Waals surface area contributed by atoms with E-state index in [0.29, 0.717) is 16.7 Å². The number of aryl methyl sites for hydroxylation is 3. The molecule has 4 heteroatoms. The van der Waals surface area contributed by atoms with E-state index in [4.69, 9.17) is 10.8 Å². The number of rotatable bonds is 4. The van der Waals surface area contributed by atoms with E-state index in [-0.39, 0.29) is 6.42 Å². The predicted molar refractivity (Wildman–Crippen MR) is 90.0 cm³/mol. The van der Waals surface area contributed by atoms with Gasteiger partial charge in [-0.25, -0.2) is 4.39 Å². The first kappa shape index (κ1) is 17.2. The standard InChI is InChI=1S/C19H22FNO2/c1-10-5-6-14(11(2)7-10)15-8-12(3)19(20)18(13(15)4)16(21)9-17(22)23/h5-8,16H,9,21H2,1-4H3,(H,22,23). The van der Waals surface area contributed by atoms with Gasteiger partial charge in [0.25, 0.3) is 0 Å². The highest BCUT2D eigenvalue weighted by molar-refractivity contribution is 5.74. The Morgan fingerprint density at radius 3 is 2.35 bits per heavy atom. The molecule has 0 aliphatic rings. The molecule has 0 spiro atoms. The summed E-state index contributed by atoms with van der Waals surface area (Å²) in [5.74, 6) is -1.45. The topological polar surface area (TPSA) is 63.3 Å². The van der Waals surface area contributed by atoms with Gasteiger partial charge in [0.2, 0.25) is 0 Å². The van der Waals surface area contributed by atoms with Crippen LogP contribution in [0.3, 0.4) is 0 Å². The Balaban J connectivity index is 2.67. The molecule has 23 heavy (non-hydrogen) atoms. The Labute approximate surface area is 136 Å². The number of halogens is 1. The summed E-state index contributed by atoms with van der Waals surface area (Å²) in [6.07, 6.45) is -0.298. The second-order valence-corrected chi connectivity index (χ2v) is 6.12. The quantitative estimate of drug-likeness (QED) is 0.888. The average molecular weight is 315 g/mol. The summed E-state index contributed by atoms with van der Waals surface area (Å²) < 4.78 is 14.6. The van der Waals surface area contributed by atoms with Crippen LogP contribution in [0.25, 0.3) is 11.1 Å². The van der Waals surface area contributed by atoms with Gasteiger partial charge in [-0.3, -0.25) is 4.79 Å². The van der Waals surface area contributed by atoms with Gasteiger partial charge in [0, 0.05) is 11.6 Å². The number of carbonyl (C=O) groups is 1. The maximum Gasteiger partial charge on any atom is 0.305 e. The van der Waals surface area contributed by atoms with Crippen LogP contribution in [0.15, 0.2) is 24.3 Å². The van der Waals surface area contributed by atoms with E-state index >= 15 is 0 Å². The molecule has 2 rings (SSSR count). The monoisotopic (exact) mass is 315 g/mol. The van der Waals surface area contributed by atoms with Gasteiger partial charge in [-0.15, -0.1) is 0 Å². The van der Waals surface area contributed by atoms with Gasteiger partial charge < -0.3 is 10.8 Å². The van der Waals surface area contributed by atoms with E-state index < -0.39 is 17.8 Å². The van der Waals surface area contributed by atoms with Crippen LogP contribution in [-0.4, -0.2) is 11.1 Å². The predicted octanol–water partition coefficient (Wildman–Crippen LogP) is 4.20. The van der Waals surface area contributed by atoms with E-state index in [2.05, 4.69) is 6.07 Å². The molecule has 0 saturated carbocycles. The first-order chi connectivity index (χ1) is 10.7. The Morgan fingerprint density at radius 1 is 1.13 bits per heavy atom. The zero-order valence-corrected chi connectivity index (χ0v) is 13.9. The number of carboxylic acids is 1. The van der Waals surface area contributed by atoms with Crippen molar-refractivity contribution in [2.45, 2.75) is 40.2 Å². The summed E-state index contributed by atoms with van der Waals surface area (Å²) >= 11 is 0. The number of carboxylic acid groups (broad SMARTS) is 1. The van der Waals surface area contributed by atoms with Crippen molar-refractivity contribution in [3.05, 3.63) is 57.9 Å². The Bertz CT molecular complexity index is 768. The smallest absolute Gasteiger partial charge is 0.305 e. The molecule has 1 unspecified atom stereocenters. The minimum absolute atomic E-state index is 0.294. The third-order valence-electron chi connectivity index (χ3n) is 4.19. The van der Waals surface area contributed by atoms with Crippen LogP contribution in [0.1, 0.15) is 40.3 Å².